The summed E-state index contributed by atoms with van der Waals surface area (Å²) in [6.45, 7) is 5.80. The zero-order valence-corrected chi connectivity index (χ0v) is 14.0. The molecule has 0 heterocycles. The molecule has 0 aliphatic rings. The van der Waals surface area contributed by atoms with Crippen LogP contribution in [0.5, 0.6) is 0 Å². The summed E-state index contributed by atoms with van der Waals surface area (Å²) in [5, 5.41) is 8.87. The Morgan fingerprint density at radius 2 is 2.00 bits per heavy atom. The molecule has 1 aromatic rings. The molecule has 7 heteroatoms. The molecule has 1 rings (SSSR count). The maximum atomic E-state index is 12.3. The number of hydrogen-bond acceptors (Lipinski definition) is 3. The lowest BCUT2D eigenvalue weighted by Gasteiger charge is -2.21. The molecule has 0 radical (unpaired) electrons. The van der Waals surface area contributed by atoms with Crippen molar-refractivity contribution in [3.8, 4) is 0 Å². The highest BCUT2D eigenvalue weighted by Gasteiger charge is 2.23. The first-order valence-corrected chi connectivity index (χ1v) is 8.51. The molecular weight excluding hydrogens is 346 g/mol. The Morgan fingerprint density at radius 1 is 1.40 bits per heavy atom. The fraction of sp³-hybridized carbons (Fsp3) is 0.462. The van der Waals surface area contributed by atoms with E-state index in [4.69, 9.17) is 5.11 Å². The van der Waals surface area contributed by atoms with E-state index in [1.165, 1.54) is 18.2 Å². The topological polar surface area (TPSA) is 83.5 Å². The van der Waals surface area contributed by atoms with Crippen LogP contribution in [0.3, 0.4) is 0 Å². The zero-order valence-electron chi connectivity index (χ0n) is 11.6. The van der Waals surface area contributed by atoms with Crippen LogP contribution in [0.25, 0.3) is 0 Å². The molecule has 1 atom stereocenters. The van der Waals surface area contributed by atoms with Crippen LogP contribution in [-0.2, 0) is 10.0 Å². The maximum Gasteiger partial charge on any atom is 0.335 e. The molecule has 112 valence electrons. The molecule has 0 aromatic heterocycles. The van der Waals surface area contributed by atoms with Gasteiger partial charge in [-0.15, -0.1) is 0 Å². The van der Waals surface area contributed by atoms with Gasteiger partial charge in [0.2, 0.25) is 10.0 Å². The molecule has 0 aliphatic heterocycles. The van der Waals surface area contributed by atoms with E-state index in [9.17, 15) is 13.2 Å². The molecule has 2 N–H and O–H groups in total. The van der Waals surface area contributed by atoms with Crippen LogP contribution in [-0.4, -0.2) is 25.5 Å². The fourth-order valence-corrected chi connectivity index (χ4v) is 4.35. The van der Waals surface area contributed by atoms with Crippen molar-refractivity contribution in [3.63, 3.8) is 0 Å². The van der Waals surface area contributed by atoms with Gasteiger partial charge in [-0.2, -0.15) is 0 Å². The van der Waals surface area contributed by atoms with Crippen molar-refractivity contribution < 1.29 is 18.3 Å². The van der Waals surface area contributed by atoms with Gasteiger partial charge in [0.25, 0.3) is 0 Å². The van der Waals surface area contributed by atoms with Gasteiger partial charge in [-0.25, -0.2) is 17.9 Å². The van der Waals surface area contributed by atoms with E-state index in [1.54, 1.807) is 0 Å². The number of sulfonamides is 1. The molecule has 0 bridgehead atoms. The number of benzene rings is 1. The van der Waals surface area contributed by atoms with Crippen LogP contribution in [0, 0.1) is 5.92 Å². The minimum absolute atomic E-state index is 0.0340. The van der Waals surface area contributed by atoms with Gasteiger partial charge in [-0.05, 0) is 46.5 Å². The molecular formula is C13H18BrNO4S. The van der Waals surface area contributed by atoms with E-state index in [2.05, 4.69) is 20.7 Å². The van der Waals surface area contributed by atoms with Crippen molar-refractivity contribution in [1.29, 1.82) is 0 Å². The predicted molar refractivity (Wildman–Crippen MR) is 80.3 cm³/mol. The van der Waals surface area contributed by atoms with Gasteiger partial charge >= 0.3 is 5.97 Å². The van der Waals surface area contributed by atoms with Crippen molar-refractivity contribution in [3.05, 3.63) is 28.2 Å². The summed E-state index contributed by atoms with van der Waals surface area (Å²) in [5.74, 6) is -0.928. The van der Waals surface area contributed by atoms with Gasteiger partial charge in [0.05, 0.1) is 10.5 Å². The summed E-state index contributed by atoms with van der Waals surface area (Å²) >= 11 is 3.12. The Labute approximate surface area is 127 Å². The lowest BCUT2D eigenvalue weighted by Crippen LogP contribution is -2.38. The summed E-state index contributed by atoms with van der Waals surface area (Å²) in [4.78, 5) is 10.9. The Balaban J connectivity index is 3.13. The standard InChI is InChI=1S/C13H18BrNO4S/c1-4-11(8(2)3)15-20(18,19)12-6-5-9(13(16)17)7-10(12)14/h5-8,11,15H,4H2,1-3H3,(H,16,17). The second kappa shape index (κ2) is 6.69. The smallest absolute Gasteiger partial charge is 0.335 e. The van der Waals surface area contributed by atoms with Gasteiger partial charge in [0, 0.05) is 10.5 Å². The number of nitrogens with one attached hydrogen (secondary N) is 1. The van der Waals surface area contributed by atoms with Crippen LogP contribution < -0.4 is 4.72 Å². The average Bonchev–Trinajstić information content (AvgIpc) is 2.35. The largest absolute Gasteiger partial charge is 0.478 e. The fourth-order valence-electron chi connectivity index (χ4n) is 1.81. The summed E-state index contributed by atoms with van der Waals surface area (Å²) in [7, 11) is -3.68. The molecule has 0 saturated heterocycles. The number of carboxylic acid groups (broad SMARTS) is 1. The number of halogens is 1. The highest BCUT2D eigenvalue weighted by atomic mass is 79.9. The molecule has 0 fully saturated rings. The number of rotatable bonds is 6. The molecule has 0 aliphatic carbocycles. The highest BCUT2D eigenvalue weighted by Crippen LogP contribution is 2.24. The first kappa shape index (κ1) is 17.1. The lowest BCUT2D eigenvalue weighted by atomic mass is 10.0. The summed E-state index contributed by atoms with van der Waals surface area (Å²) in [6, 6.07) is 3.69. The third-order valence-electron chi connectivity index (χ3n) is 3.02. The number of carboxylic acids is 1. The summed E-state index contributed by atoms with van der Waals surface area (Å²) in [5.41, 5.74) is 0.0340. The van der Waals surface area contributed by atoms with Gasteiger partial charge in [-0.1, -0.05) is 20.8 Å². The quantitative estimate of drug-likeness (QED) is 0.813. The SMILES string of the molecule is CCC(NS(=O)(=O)c1ccc(C(=O)O)cc1Br)C(C)C. The second-order valence-electron chi connectivity index (χ2n) is 4.83. The van der Waals surface area contributed by atoms with E-state index in [0.29, 0.717) is 6.42 Å². The molecule has 1 aromatic carbocycles. The lowest BCUT2D eigenvalue weighted by molar-refractivity contribution is 0.0696. The third-order valence-corrected chi connectivity index (χ3v) is 5.49. The molecule has 1 unspecified atom stereocenters. The van der Waals surface area contributed by atoms with E-state index in [0.717, 1.165) is 0 Å². The Bertz CT molecular complexity index is 598. The Hall–Kier alpha value is -0.920. The van der Waals surface area contributed by atoms with Crippen molar-refractivity contribution in [2.24, 2.45) is 5.92 Å². The van der Waals surface area contributed by atoms with Crippen molar-refractivity contribution in [2.75, 3.05) is 0 Å². The van der Waals surface area contributed by atoms with Crippen LogP contribution in [0.4, 0.5) is 0 Å². The van der Waals surface area contributed by atoms with Gasteiger partial charge < -0.3 is 5.11 Å². The molecule has 20 heavy (non-hydrogen) atoms. The Kier molecular flexibility index (Phi) is 5.73. The van der Waals surface area contributed by atoms with Gasteiger partial charge in [0.15, 0.2) is 0 Å². The highest BCUT2D eigenvalue weighted by molar-refractivity contribution is 9.10. The average molecular weight is 364 g/mol. The van der Waals surface area contributed by atoms with Crippen molar-refractivity contribution >= 4 is 31.9 Å². The van der Waals surface area contributed by atoms with E-state index in [-0.39, 0.29) is 26.9 Å². The zero-order chi connectivity index (χ0) is 15.5. The molecule has 5 nitrogen and oxygen atoms in total. The Morgan fingerprint density at radius 3 is 2.40 bits per heavy atom. The first-order chi connectivity index (χ1) is 9.19. The minimum atomic E-state index is -3.68. The number of carbonyl (C=O) groups is 1. The number of aromatic carboxylic acids is 1. The van der Waals surface area contributed by atoms with E-state index >= 15 is 0 Å². The summed E-state index contributed by atoms with van der Waals surface area (Å²) in [6.07, 6.45) is 0.682. The normalized spacial score (nSPS) is 13.4. The van der Waals surface area contributed by atoms with Crippen LogP contribution >= 0.6 is 15.9 Å². The van der Waals surface area contributed by atoms with Crippen molar-refractivity contribution in [2.45, 2.75) is 38.1 Å². The predicted octanol–water partition coefficient (Wildman–Crippen LogP) is 2.86. The van der Waals surface area contributed by atoms with E-state index in [1.807, 2.05) is 20.8 Å². The number of hydrogen-bond donors (Lipinski definition) is 2. The van der Waals surface area contributed by atoms with E-state index < -0.39 is 16.0 Å². The third kappa shape index (κ3) is 4.04. The minimum Gasteiger partial charge on any atom is -0.478 e. The van der Waals surface area contributed by atoms with Crippen LogP contribution in [0.1, 0.15) is 37.6 Å². The summed E-state index contributed by atoms with van der Waals surface area (Å²) < 4.78 is 27.5. The first-order valence-electron chi connectivity index (χ1n) is 6.24. The van der Waals surface area contributed by atoms with Crippen molar-refractivity contribution in [1.82, 2.24) is 4.72 Å². The monoisotopic (exact) mass is 363 g/mol. The molecule has 0 spiro atoms. The maximum absolute atomic E-state index is 12.3. The van der Waals surface area contributed by atoms with Gasteiger partial charge in [0.1, 0.15) is 0 Å². The van der Waals surface area contributed by atoms with Crippen LogP contribution in [0.2, 0.25) is 0 Å². The molecule has 0 saturated carbocycles. The van der Waals surface area contributed by atoms with Gasteiger partial charge in [-0.3, -0.25) is 0 Å². The van der Waals surface area contributed by atoms with Crippen LogP contribution in [0.15, 0.2) is 27.6 Å². The molecule has 0 amide bonds. The second-order valence-corrected chi connectivity index (χ2v) is 7.37.